The van der Waals surface area contributed by atoms with Gasteiger partial charge in [0.05, 0.1) is 0 Å². The number of carboxylic acid groups (broad SMARTS) is 1. The molecule has 0 aliphatic heterocycles. The zero-order valence-corrected chi connectivity index (χ0v) is 7.77. The van der Waals surface area contributed by atoms with E-state index < -0.39 is 5.97 Å². The number of carbonyl (C=O) groups is 1. The molecule has 15 heavy (non-hydrogen) atoms. The number of aromatic nitrogens is 1. The molecule has 0 aliphatic carbocycles. The SMILES string of the molecule is O=C(O)c1ccc(-c2ccc(O)cc2)[nH]1. The minimum absolute atomic E-state index is 0.151. The Morgan fingerprint density at radius 1 is 1.07 bits per heavy atom. The van der Waals surface area contributed by atoms with E-state index in [9.17, 15) is 4.79 Å². The van der Waals surface area contributed by atoms with Gasteiger partial charge in [-0.3, -0.25) is 0 Å². The molecule has 2 aromatic rings. The molecule has 0 unspecified atom stereocenters. The Bertz CT molecular complexity index is 485. The van der Waals surface area contributed by atoms with Crippen LogP contribution in [0, 0.1) is 0 Å². The van der Waals surface area contributed by atoms with Gasteiger partial charge >= 0.3 is 5.97 Å². The molecule has 1 aromatic carbocycles. The molecule has 0 saturated carbocycles. The van der Waals surface area contributed by atoms with E-state index in [4.69, 9.17) is 10.2 Å². The normalized spacial score (nSPS) is 10.1. The second-order valence-electron chi connectivity index (χ2n) is 3.14. The molecule has 1 aromatic heterocycles. The topological polar surface area (TPSA) is 73.3 Å². The number of aromatic amines is 1. The van der Waals surface area contributed by atoms with Crippen LogP contribution in [0.15, 0.2) is 36.4 Å². The number of aromatic carboxylic acids is 1. The summed E-state index contributed by atoms with van der Waals surface area (Å²) in [5.41, 5.74) is 1.70. The maximum atomic E-state index is 10.6. The van der Waals surface area contributed by atoms with Crippen LogP contribution >= 0.6 is 0 Å². The first-order valence-corrected chi connectivity index (χ1v) is 4.38. The summed E-state index contributed by atoms with van der Waals surface area (Å²) in [6.07, 6.45) is 0. The number of carboxylic acids is 1. The summed E-state index contributed by atoms with van der Waals surface area (Å²) in [6, 6.07) is 9.73. The average molecular weight is 203 g/mol. The van der Waals surface area contributed by atoms with Gasteiger partial charge in [0.25, 0.3) is 0 Å². The third-order valence-electron chi connectivity index (χ3n) is 2.09. The molecule has 2 rings (SSSR count). The molecule has 0 radical (unpaired) electrons. The van der Waals surface area contributed by atoms with Gasteiger partial charge in [0, 0.05) is 5.69 Å². The molecule has 0 atom stereocenters. The van der Waals surface area contributed by atoms with E-state index >= 15 is 0 Å². The summed E-state index contributed by atoms with van der Waals surface area (Å²) >= 11 is 0. The fourth-order valence-corrected chi connectivity index (χ4v) is 1.33. The molecule has 4 nitrogen and oxygen atoms in total. The quantitative estimate of drug-likeness (QED) is 0.699. The van der Waals surface area contributed by atoms with E-state index in [0.717, 1.165) is 5.56 Å². The summed E-state index contributed by atoms with van der Waals surface area (Å²) in [6.45, 7) is 0. The van der Waals surface area contributed by atoms with Crippen molar-refractivity contribution in [3.05, 3.63) is 42.1 Å². The van der Waals surface area contributed by atoms with Crippen molar-refractivity contribution in [3.63, 3.8) is 0 Å². The highest BCUT2D eigenvalue weighted by atomic mass is 16.4. The summed E-state index contributed by atoms with van der Waals surface area (Å²) in [7, 11) is 0. The number of hydrogen-bond acceptors (Lipinski definition) is 2. The van der Waals surface area contributed by atoms with Gasteiger partial charge in [-0.2, -0.15) is 0 Å². The Morgan fingerprint density at radius 3 is 2.27 bits per heavy atom. The van der Waals surface area contributed by atoms with Crippen molar-refractivity contribution in [2.75, 3.05) is 0 Å². The zero-order chi connectivity index (χ0) is 10.8. The highest BCUT2D eigenvalue weighted by Crippen LogP contribution is 2.20. The molecule has 0 spiro atoms. The molecule has 76 valence electrons. The second-order valence-corrected chi connectivity index (χ2v) is 3.14. The second kappa shape index (κ2) is 3.49. The molecule has 0 saturated heterocycles. The van der Waals surface area contributed by atoms with Crippen LogP contribution in [0.4, 0.5) is 0 Å². The predicted molar refractivity (Wildman–Crippen MR) is 54.9 cm³/mol. The van der Waals surface area contributed by atoms with E-state index in [1.54, 1.807) is 30.3 Å². The summed E-state index contributed by atoms with van der Waals surface area (Å²) in [5.74, 6) is -0.802. The monoisotopic (exact) mass is 203 g/mol. The third kappa shape index (κ3) is 1.83. The van der Waals surface area contributed by atoms with Gasteiger partial charge in [-0.25, -0.2) is 4.79 Å². The number of nitrogens with one attached hydrogen (secondary N) is 1. The molecule has 0 bridgehead atoms. The van der Waals surface area contributed by atoms with E-state index in [1.807, 2.05) is 0 Å². The Hall–Kier alpha value is -2.23. The molecular weight excluding hydrogens is 194 g/mol. The summed E-state index contributed by atoms with van der Waals surface area (Å²) in [5, 5.41) is 17.8. The molecule has 1 heterocycles. The van der Waals surface area contributed by atoms with Crippen LogP contribution in [-0.4, -0.2) is 21.2 Å². The maximum Gasteiger partial charge on any atom is 0.352 e. The molecule has 0 fully saturated rings. The maximum absolute atomic E-state index is 10.6. The van der Waals surface area contributed by atoms with Crippen molar-refractivity contribution in [2.24, 2.45) is 0 Å². The standard InChI is InChI=1S/C11H9NO3/c13-8-3-1-7(2-4-8)9-5-6-10(12-9)11(14)15/h1-6,12-13H,(H,14,15). The van der Waals surface area contributed by atoms with Crippen LogP contribution in [0.5, 0.6) is 5.75 Å². The first-order valence-electron chi connectivity index (χ1n) is 4.38. The van der Waals surface area contributed by atoms with Crippen LogP contribution in [0.1, 0.15) is 10.5 Å². The van der Waals surface area contributed by atoms with Gasteiger partial charge in [-0.05, 0) is 42.0 Å². The Morgan fingerprint density at radius 2 is 1.73 bits per heavy atom. The first-order chi connectivity index (χ1) is 7.16. The number of benzene rings is 1. The Balaban J connectivity index is 2.37. The third-order valence-corrected chi connectivity index (χ3v) is 2.09. The van der Waals surface area contributed by atoms with E-state index in [-0.39, 0.29) is 11.4 Å². The Labute approximate surface area is 85.8 Å². The number of rotatable bonds is 2. The summed E-state index contributed by atoms with van der Waals surface area (Å²) in [4.78, 5) is 13.4. The lowest BCUT2D eigenvalue weighted by atomic mass is 10.1. The largest absolute Gasteiger partial charge is 0.508 e. The molecule has 3 N–H and O–H groups in total. The number of phenols is 1. The van der Waals surface area contributed by atoms with Crippen molar-refractivity contribution < 1.29 is 15.0 Å². The van der Waals surface area contributed by atoms with E-state index in [1.165, 1.54) is 6.07 Å². The average Bonchev–Trinajstić information content (AvgIpc) is 2.68. The molecule has 4 heteroatoms. The fourth-order valence-electron chi connectivity index (χ4n) is 1.33. The first kappa shape index (κ1) is 9.33. The van der Waals surface area contributed by atoms with Gasteiger partial charge < -0.3 is 15.2 Å². The van der Waals surface area contributed by atoms with Crippen molar-refractivity contribution in [1.29, 1.82) is 0 Å². The van der Waals surface area contributed by atoms with Crippen LogP contribution in [0.3, 0.4) is 0 Å². The van der Waals surface area contributed by atoms with Crippen LogP contribution in [-0.2, 0) is 0 Å². The van der Waals surface area contributed by atoms with Crippen molar-refractivity contribution in [1.82, 2.24) is 4.98 Å². The van der Waals surface area contributed by atoms with Crippen molar-refractivity contribution in [3.8, 4) is 17.0 Å². The van der Waals surface area contributed by atoms with E-state index in [2.05, 4.69) is 4.98 Å². The lowest BCUT2D eigenvalue weighted by Gasteiger charge is -1.97. The van der Waals surface area contributed by atoms with E-state index in [0.29, 0.717) is 5.69 Å². The van der Waals surface area contributed by atoms with Gasteiger partial charge in [0.2, 0.25) is 0 Å². The van der Waals surface area contributed by atoms with Gasteiger partial charge in [0.15, 0.2) is 0 Å². The van der Waals surface area contributed by atoms with Crippen molar-refractivity contribution >= 4 is 5.97 Å². The number of hydrogen-bond donors (Lipinski definition) is 3. The van der Waals surface area contributed by atoms with Gasteiger partial charge in [-0.15, -0.1) is 0 Å². The number of H-pyrrole nitrogens is 1. The van der Waals surface area contributed by atoms with Crippen LogP contribution in [0.25, 0.3) is 11.3 Å². The minimum Gasteiger partial charge on any atom is -0.508 e. The van der Waals surface area contributed by atoms with Crippen molar-refractivity contribution in [2.45, 2.75) is 0 Å². The van der Waals surface area contributed by atoms with Crippen LogP contribution in [0.2, 0.25) is 0 Å². The van der Waals surface area contributed by atoms with Gasteiger partial charge in [-0.1, -0.05) is 0 Å². The molecular formula is C11H9NO3. The predicted octanol–water partition coefficient (Wildman–Crippen LogP) is 2.09. The molecule has 0 amide bonds. The molecule has 0 aliphatic rings. The lowest BCUT2D eigenvalue weighted by Crippen LogP contribution is -1.95. The Kier molecular flexibility index (Phi) is 2.17. The van der Waals surface area contributed by atoms with Crippen LogP contribution < -0.4 is 0 Å². The highest BCUT2D eigenvalue weighted by Gasteiger charge is 2.06. The lowest BCUT2D eigenvalue weighted by molar-refractivity contribution is 0.0691. The zero-order valence-electron chi connectivity index (χ0n) is 7.77. The highest BCUT2D eigenvalue weighted by molar-refractivity contribution is 5.86. The summed E-state index contributed by atoms with van der Waals surface area (Å²) < 4.78 is 0. The number of phenolic OH excluding ortho intramolecular Hbond substituents is 1. The minimum atomic E-state index is -0.986. The van der Waals surface area contributed by atoms with Gasteiger partial charge in [0.1, 0.15) is 11.4 Å². The number of aromatic hydroxyl groups is 1. The fraction of sp³-hybridized carbons (Fsp3) is 0. The smallest absolute Gasteiger partial charge is 0.352 e.